The van der Waals surface area contributed by atoms with Gasteiger partial charge in [-0.25, -0.2) is 4.98 Å². The Morgan fingerprint density at radius 2 is 2.04 bits per heavy atom. The zero-order valence-corrected chi connectivity index (χ0v) is 13.0. The fraction of sp³-hybridized carbons (Fsp3) is 0.143. The highest BCUT2D eigenvalue weighted by Crippen LogP contribution is 2.40. The highest BCUT2D eigenvalue weighted by Gasteiger charge is 2.24. The molecular formula is C14H11N3O5S. The molecule has 0 unspecified atom stereocenters. The number of benzene rings is 1. The molecule has 0 atom stereocenters. The first-order valence-corrected chi connectivity index (χ1v) is 7.30. The van der Waals surface area contributed by atoms with E-state index < -0.39 is 4.92 Å². The molecule has 9 heteroatoms. The van der Waals surface area contributed by atoms with E-state index in [4.69, 9.17) is 9.47 Å². The minimum Gasteiger partial charge on any atom is -0.496 e. The highest BCUT2D eigenvalue weighted by molar-refractivity contribution is 7.15. The molecule has 2 heterocycles. The fourth-order valence-corrected chi connectivity index (χ4v) is 3.04. The molecular weight excluding hydrogens is 322 g/mol. The summed E-state index contributed by atoms with van der Waals surface area (Å²) in [6.45, 7) is 0. The van der Waals surface area contributed by atoms with Crippen LogP contribution in [0.25, 0.3) is 16.2 Å². The molecule has 118 valence electrons. The third kappa shape index (κ3) is 2.30. The smallest absolute Gasteiger partial charge is 0.314 e. The van der Waals surface area contributed by atoms with Gasteiger partial charge in [-0.1, -0.05) is 0 Å². The summed E-state index contributed by atoms with van der Waals surface area (Å²) in [4.78, 5) is 27.1. The lowest BCUT2D eigenvalue weighted by Gasteiger charge is -2.10. The molecule has 0 fully saturated rings. The number of methoxy groups -OCH3 is 2. The number of nitro benzene ring substituents is 1. The number of aromatic nitrogens is 2. The van der Waals surface area contributed by atoms with Crippen LogP contribution in [0.15, 0.2) is 23.7 Å². The lowest BCUT2D eigenvalue weighted by Crippen LogP contribution is -1.98. The van der Waals surface area contributed by atoms with Gasteiger partial charge >= 0.3 is 5.69 Å². The minimum absolute atomic E-state index is 0.0685. The monoisotopic (exact) mass is 333 g/mol. The molecule has 0 N–H and O–H groups in total. The van der Waals surface area contributed by atoms with Crippen molar-refractivity contribution in [3.63, 3.8) is 0 Å². The van der Waals surface area contributed by atoms with Crippen LogP contribution in [0.1, 0.15) is 10.5 Å². The Labute approximate surface area is 134 Å². The van der Waals surface area contributed by atoms with Crippen LogP contribution in [0.5, 0.6) is 11.5 Å². The number of nitrogens with zero attached hydrogens (tertiary/aromatic N) is 3. The van der Waals surface area contributed by atoms with E-state index in [2.05, 4.69) is 4.98 Å². The molecule has 0 bridgehead atoms. The van der Waals surface area contributed by atoms with Crippen molar-refractivity contribution in [1.82, 2.24) is 9.38 Å². The number of fused-ring (bicyclic) bond motifs is 1. The molecule has 8 nitrogen and oxygen atoms in total. The first-order chi connectivity index (χ1) is 11.1. The first-order valence-electron chi connectivity index (χ1n) is 6.42. The van der Waals surface area contributed by atoms with Crippen LogP contribution >= 0.6 is 11.3 Å². The molecule has 0 spiro atoms. The van der Waals surface area contributed by atoms with E-state index in [9.17, 15) is 14.9 Å². The number of aldehydes is 1. The summed E-state index contributed by atoms with van der Waals surface area (Å²) in [5, 5.41) is 12.9. The molecule has 2 aromatic heterocycles. The fourth-order valence-electron chi connectivity index (χ4n) is 2.32. The van der Waals surface area contributed by atoms with Crippen LogP contribution in [0.2, 0.25) is 0 Å². The summed E-state index contributed by atoms with van der Waals surface area (Å²) in [6, 6.07) is 2.71. The van der Waals surface area contributed by atoms with Crippen molar-refractivity contribution in [2.45, 2.75) is 0 Å². The number of hydrogen-bond acceptors (Lipinski definition) is 7. The zero-order chi connectivity index (χ0) is 16.6. The molecule has 0 aliphatic carbocycles. The predicted molar refractivity (Wildman–Crippen MR) is 83.7 cm³/mol. The summed E-state index contributed by atoms with van der Waals surface area (Å²) in [7, 11) is 2.74. The Hall–Kier alpha value is -2.94. The Kier molecular flexibility index (Phi) is 3.70. The Morgan fingerprint density at radius 1 is 1.30 bits per heavy atom. The second kappa shape index (κ2) is 5.69. The van der Waals surface area contributed by atoms with Crippen molar-refractivity contribution in [2.24, 2.45) is 0 Å². The van der Waals surface area contributed by atoms with Gasteiger partial charge in [0.15, 0.2) is 17.0 Å². The third-order valence-electron chi connectivity index (χ3n) is 3.36. The summed E-state index contributed by atoms with van der Waals surface area (Å²) in [5.74, 6) is 0.311. The molecule has 3 aromatic rings. The molecule has 23 heavy (non-hydrogen) atoms. The minimum atomic E-state index is -0.558. The second-order valence-corrected chi connectivity index (χ2v) is 5.37. The van der Waals surface area contributed by atoms with Crippen LogP contribution in [0.3, 0.4) is 0 Å². The van der Waals surface area contributed by atoms with Gasteiger partial charge < -0.3 is 9.47 Å². The second-order valence-electron chi connectivity index (χ2n) is 4.50. The SMILES string of the molecule is COc1cc([N+](=O)[O-])c(OC)cc1-c1nc2sccn2c1C=O. The van der Waals surface area contributed by atoms with Gasteiger partial charge in [-0.15, -0.1) is 11.3 Å². The molecule has 0 saturated carbocycles. The number of thiazole rings is 1. The Morgan fingerprint density at radius 3 is 2.65 bits per heavy atom. The van der Waals surface area contributed by atoms with E-state index in [-0.39, 0.29) is 17.2 Å². The van der Waals surface area contributed by atoms with Crippen molar-refractivity contribution in [2.75, 3.05) is 14.2 Å². The van der Waals surface area contributed by atoms with E-state index in [1.807, 2.05) is 5.38 Å². The van der Waals surface area contributed by atoms with Gasteiger partial charge in [0.25, 0.3) is 0 Å². The maximum absolute atomic E-state index is 11.5. The van der Waals surface area contributed by atoms with E-state index in [0.717, 1.165) is 0 Å². The van der Waals surface area contributed by atoms with E-state index in [1.54, 1.807) is 10.6 Å². The van der Waals surface area contributed by atoms with Gasteiger partial charge in [0.2, 0.25) is 0 Å². The van der Waals surface area contributed by atoms with Crippen LogP contribution in [-0.4, -0.2) is 34.8 Å². The van der Waals surface area contributed by atoms with Gasteiger partial charge in [-0.2, -0.15) is 0 Å². The lowest BCUT2D eigenvalue weighted by atomic mass is 10.1. The zero-order valence-electron chi connectivity index (χ0n) is 12.2. The van der Waals surface area contributed by atoms with Crippen LogP contribution < -0.4 is 9.47 Å². The van der Waals surface area contributed by atoms with Crippen LogP contribution in [-0.2, 0) is 0 Å². The molecule has 0 aliphatic rings. The standard InChI is InChI=1S/C14H11N3O5S/c1-21-11-6-9(17(19)20)12(22-2)5-8(11)13-10(7-18)16-3-4-23-14(16)15-13/h3-7H,1-2H3. The predicted octanol–water partition coefficient (Wildman–Crippen LogP) is 2.80. The molecule has 0 aliphatic heterocycles. The van der Waals surface area contributed by atoms with Gasteiger partial charge in [0.05, 0.1) is 25.2 Å². The van der Waals surface area contributed by atoms with E-state index in [0.29, 0.717) is 28.2 Å². The lowest BCUT2D eigenvalue weighted by molar-refractivity contribution is -0.385. The Balaban J connectivity index is 2.31. The van der Waals surface area contributed by atoms with Crippen molar-refractivity contribution in [1.29, 1.82) is 0 Å². The quantitative estimate of drug-likeness (QED) is 0.405. The highest BCUT2D eigenvalue weighted by atomic mass is 32.1. The van der Waals surface area contributed by atoms with Crippen molar-refractivity contribution < 1.29 is 19.2 Å². The number of imidazole rings is 1. The largest absolute Gasteiger partial charge is 0.496 e. The summed E-state index contributed by atoms with van der Waals surface area (Å²) >= 11 is 1.38. The summed E-state index contributed by atoms with van der Waals surface area (Å²) in [6.07, 6.45) is 2.42. The molecule has 0 saturated heterocycles. The number of carbonyl (C=O) groups is 1. The number of ether oxygens (including phenoxy) is 2. The first kappa shape index (κ1) is 15.0. The maximum atomic E-state index is 11.5. The van der Waals surface area contributed by atoms with Crippen LogP contribution in [0.4, 0.5) is 5.69 Å². The molecule has 3 rings (SSSR count). The molecule has 0 radical (unpaired) electrons. The summed E-state index contributed by atoms with van der Waals surface area (Å²) < 4.78 is 12.0. The van der Waals surface area contributed by atoms with Gasteiger partial charge in [0.1, 0.15) is 17.1 Å². The topological polar surface area (TPSA) is 96.0 Å². The number of hydrogen-bond donors (Lipinski definition) is 0. The molecule has 1 aromatic carbocycles. The van der Waals surface area contributed by atoms with Crippen molar-refractivity contribution in [3.8, 4) is 22.8 Å². The average Bonchev–Trinajstić information content (AvgIpc) is 3.13. The van der Waals surface area contributed by atoms with E-state index >= 15 is 0 Å². The van der Waals surface area contributed by atoms with Crippen molar-refractivity contribution >= 4 is 28.3 Å². The van der Waals surface area contributed by atoms with Gasteiger partial charge in [0, 0.05) is 23.2 Å². The Bertz CT molecular complexity index is 915. The average molecular weight is 333 g/mol. The maximum Gasteiger partial charge on any atom is 0.314 e. The van der Waals surface area contributed by atoms with Crippen molar-refractivity contribution in [3.05, 3.63) is 39.5 Å². The number of nitro groups is 1. The van der Waals surface area contributed by atoms with Crippen LogP contribution in [0, 0.1) is 10.1 Å². The van der Waals surface area contributed by atoms with Gasteiger partial charge in [-0.05, 0) is 0 Å². The van der Waals surface area contributed by atoms with Gasteiger partial charge in [-0.3, -0.25) is 19.3 Å². The normalized spacial score (nSPS) is 10.7. The third-order valence-corrected chi connectivity index (χ3v) is 4.12. The molecule has 0 amide bonds. The summed E-state index contributed by atoms with van der Waals surface area (Å²) in [5.41, 5.74) is 0.960. The number of carbonyl (C=O) groups excluding carboxylic acids is 1. The number of rotatable bonds is 5. The van der Waals surface area contributed by atoms with E-state index in [1.165, 1.54) is 37.7 Å².